The average Bonchev–Trinajstić information content (AvgIpc) is 3.09. The summed E-state index contributed by atoms with van der Waals surface area (Å²) in [6.45, 7) is 3.68. The fourth-order valence-electron chi connectivity index (χ4n) is 3.71. The minimum Gasteiger partial charge on any atom is -0.390 e. The van der Waals surface area contributed by atoms with Crippen molar-refractivity contribution in [3.63, 3.8) is 0 Å². The van der Waals surface area contributed by atoms with E-state index in [4.69, 9.17) is 5.73 Å². The Hall–Kier alpha value is -2.56. The van der Waals surface area contributed by atoms with Gasteiger partial charge < -0.3 is 10.8 Å². The van der Waals surface area contributed by atoms with E-state index in [1.54, 1.807) is 35.8 Å². The van der Waals surface area contributed by atoms with Crippen LogP contribution in [0, 0.1) is 6.92 Å². The number of anilines is 1. The topological polar surface area (TPSA) is 136 Å². The van der Waals surface area contributed by atoms with Gasteiger partial charge in [0.1, 0.15) is 6.33 Å². The third-order valence-corrected chi connectivity index (χ3v) is 7.03. The first-order valence-electron chi connectivity index (χ1n) is 9.46. The van der Waals surface area contributed by atoms with Crippen molar-refractivity contribution in [3.05, 3.63) is 36.3 Å². The van der Waals surface area contributed by atoms with Crippen LogP contribution in [0.1, 0.15) is 38.2 Å². The lowest BCUT2D eigenvalue weighted by atomic mass is 9.84. The molecule has 2 aromatic heterocycles. The second-order valence-corrected chi connectivity index (χ2v) is 9.61. The smallest absolute Gasteiger partial charge is 0.240 e. The van der Waals surface area contributed by atoms with Gasteiger partial charge in [0.25, 0.3) is 0 Å². The first-order valence-corrected chi connectivity index (χ1v) is 10.9. The van der Waals surface area contributed by atoms with Crippen LogP contribution in [-0.4, -0.2) is 44.7 Å². The predicted octanol–water partition coefficient (Wildman–Crippen LogP) is 1.65. The van der Waals surface area contributed by atoms with Crippen LogP contribution < -0.4 is 10.5 Å². The number of fused-ring (bicyclic) bond motifs is 1. The number of hydrogen-bond donors (Lipinski definition) is 3. The van der Waals surface area contributed by atoms with Crippen molar-refractivity contribution in [1.82, 2.24) is 24.3 Å². The number of sulfonamides is 1. The molecule has 0 aliphatic heterocycles. The van der Waals surface area contributed by atoms with E-state index in [9.17, 15) is 13.5 Å². The maximum absolute atomic E-state index is 13.0. The van der Waals surface area contributed by atoms with Gasteiger partial charge in [-0.05, 0) is 57.2 Å². The number of hydrogen-bond acceptors (Lipinski definition) is 7. The summed E-state index contributed by atoms with van der Waals surface area (Å²) in [4.78, 5) is 8.36. The summed E-state index contributed by atoms with van der Waals surface area (Å²) in [6.07, 6.45) is 5.30. The van der Waals surface area contributed by atoms with Gasteiger partial charge in [-0.15, -0.1) is 0 Å². The predicted molar refractivity (Wildman–Crippen MR) is 109 cm³/mol. The highest BCUT2D eigenvalue weighted by Crippen LogP contribution is 2.30. The number of nitrogens with two attached hydrogens (primary N) is 1. The van der Waals surface area contributed by atoms with Crippen molar-refractivity contribution in [2.45, 2.75) is 56.1 Å². The number of rotatable bonds is 4. The fraction of sp³-hybridized carbons (Fsp3) is 0.421. The molecule has 1 aliphatic rings. The van der Waals surface area contributed by atoms with E-state index < -0.39 is 15.6 Å². The van der Waals surface area contributed by atoms with Gasteiger partial charge >= 0.3 is 0 Å². The third kappa shape index (κ3) is 3.83. The van der Waals surface area contributed by atoms with Crippen LogP contribution in [0.4, 0.5) is 5.82 Å². The Morgan fingerprint density at radius 3 is 2.72 bits per heavy atom. The number of imidazole rings is 1. The van der Waals surface area contributed by atoms with Crippen LogP contribution >= 0.6 is 0 Å². The normalized spacial score (nSPS) is 22.8. The molecular formula is C19H24N6O3S. The van der Waals surface area contributed by atoms with E-state index in [1.807, 2.05) is 6.92 Å². The SMILES string of the molecule is Cc1ccc(S(=O)(=O)N[C@H]2CC[C@](C)(O)CC2)cc1-c1cnc2c(N)ncnn12. The van der Waals surface area contributed by atoms with Crippen molar-refractivity contribution < 1.29 is 13.5 Å². The Bertz CT molecular complexity index is 1160. The van der Waals surface area contributed by atoms with E-state index in [-0.39, 0.29) is 16.8 Å². The van der Waals surface area contributed by atoms with Crippen molar-refractivity contribution >= 4 is 21.5 Å². The first-order chi connectivity index (χ1) is 13.7. The molecule has 1 aromatic carbocycles. The molecule has 0 spiro atoms. The molecule has 0 bridgehead atoms. The summed E-state index contributed by atoms with van der Waals surface area (Å²) < 4.78 is 30.3. The molecule has 4 rings (SSSR count). The number of aromatic nitrogens is 4. The first kappa shape index (κ1) is 19.7. The van der Waals surface area contributed by atoms with Gasteiger partial charge in [0, 0.05) is 11.6 Å². The highest BCUT2D eigenvalue weighted by Gasteiger charge is 2.31. The molecule has 154 valence electrons. The Morgan fingerprint density at radius 2 is 2.00 bits per heavy atom. The van der Waals surface area contributed by atoms with Gasteiger partial charge in [-0.1, -0.05) is 6.07 Å². The maximum atomic E-state index is 13.0. The largest absolute Gasteiger partial charge is 0.390 e. The highest BCUT2D eigenvalue weighted by molar-refractivity contribution is 7.89. The second kappa shape index (κ2) is 7.05. The molecule has 1 saturated carbocycles. The molecule has 2 heterocycles. The maximum Gasteiger partial charge on any atom is 0.240 e. The number of nitrogens with one attached hydrogen (secondary N) is 1. The Kier molecular flexibility index (Phi) is 4.80. The van der Waals surface area contributed by atoms with E-state index in [2.05, 4.69) is 19.8 Å². The third-order valence-electron chi connectivity index (χ3n) is 5.51. The van der Waals surface area contributed by atoms with E-state index >= 15 is 0 Å². The minimum absolute atomic E-state index is 0.174. The van der Waals surface area contributed by atoms with Gasteiger partial charge in [0.15, 0.2) is 11.5 Å². The number of nitrogens with zero attached hydrogens (tertiary/aromatic N) is 4. The summed E-state index contributed by atoms with van der Waals surface area (Å²) in [5.74, 6) is 0.252. The molecule has 9 nitrogen and oxygen atoms in total. The summed E-state index contributed by atoms with van der Waals surface area (Å²) in [7, 11) is -3.71. The van der Waals surface area contributed by atoms with Gasteiger partial charge in [-0.25, -0.2) is 27.6 Å². The van der Waals surface area contributed by atoms with Gasteiger partial charge in [-0.2, -0.15) is 5.10 Å². The number of aryl methyl sites for hydroxylation is 1. The zero-order chi connectivity index (χ0) is 20.8. The van der Waals surface area contributed by atoms with E-state index in [1.165, 1.54) is 6.33 Å². The molecule has 0 amide bonds. The standard InChI is InChI=1S/C19H24N6O3S/c1-12-3-4-14(29(27,28)24-13-5-7-19(2,26)8-6-13)9-15(12)16-10-21-18-17(20)22-11-23-25(16)18/h3-4,9-11,13,24,26H,5-8H2,1-2H3,(H2,20,22,23)/t13-,19-. The summed E-state index contributed by atoms with van der Waals surface area (Å²) in [5.41, 5.74) is 7.77. The van der Waals surface area contributed by atoms with Crippen molar-refractivity contribution in [1.29, 1.82) is 0 Å². The van der Waals surface area contributed by atoms with Crippen molar-refractivity contribution in [2.75, 3.05) is 5.73 Å². The zero-order valence-corrected chi connectivity index (χ0v) is 17.1. The molecule has 29 heavy (non-hydrogen) atoms. The molecule has 1 aliphatic carbocycles. The average molecular weight is 417 g/mol. The Morgan fingerprint density at radius 1 is 1.28 bits per heavy atom. The second-order valence-electron chi connectivity index (χ2n) is 7.89. The molecular weight excluding hydrogens is 392 g/mol. The molecule has 0 unspecified atom stereocenters. The van der Waals surface area contributed by atoms with E-state index in [0.29, 0.717) is 42.6 Å². The van der Waals surface area contributed by atoms with Gasteiger partial charge in [0.05, 0.1) is 22.4 Å². The summed E-state index contributed by atoms with van der Waals surface area (Å²) in [5, 5.41) is 14.3. The van der Waals surface area contributed by atoms with Gasteiger partial charge in [0.2, 0.25) is 10.0 Å². The molecule has 3 aromatic rings. The Balaban J connectivity index is 1.67. The van der Waals surface area contributed by atoms with Gasteiger partial charge in [-0.3, -0.25) is 0 Å². The molecule has 4 N–H and O–H groups in total. The van der Waals surface area contributed by atoms with Crippen LogP contribution in [0.15, 0.2) is 35.6 Å². The molecule has 0 saturated heterocycles. The monoisotopic (exact) mass is 416 g/mol. The minimum atomic E-state index is -3.71. The highest BCUT2D eigenvalue weighted by atomic mass is 32.2. The van der Waals surface area contributed by atoms with Crippen LogP contribution in [0.3, 0.4) is 0 Å². The number of nitrogen functional groups attached to an aromatic ring is 1. The Labute approximate surface area is 169 Å². The van der Waals surface area contributed by atoms with Crippen LogP contribution in [-0.2, 0) is 10.0 Å². The van der Waals surface area contributed by atoms with Crippen molar-refractivity contribution in [3.8, 4) is 11.3 Å². The quantitative estimate of drug-likeness (QED) is 0.588. The number of benzene rings is 1. The fourth-order valence-corrected chi connectivity index (χ4v) is 5.04. The van der Waals surface area contributed by atoms with Crippen LogP contribution in [0.25, 0.3) is 16.9 Å². The molecule has 1 fully saturated rings. The lowest BCUT2D eigenvalue weighted by Crippen LogP contribution is -2.42. The molecule has 10 heteroatoms. The van der Waals surface area contributed by atoms with E-state index in [0.717, 1.165) is 5.56 Å². The summed E-state index contributed by atoms with van der Waals surface area (Å²) >= 11 is 0. The zero-order valence-electron chi connectivity index (χ0n) is 16.3. The molecule has 0 radical (unpaired) electrons. The number of aliphatic hydroxyl groups is 1. The van der Waals surface area contributed by atoms with Crippen molar-refractivity contribution in [2.24, 2.45) is 0 Å². The van der Waals surface area contributed by atoms with Crippen LogP contribution in [0.5, 0.6) is 0 Å². The summed E-state index contributed by atoms with van der Waals surface area (Å²) in [6, 6.07) is 4.79. The van der Waals surface area contributed by atoms with Crippen LogP contribution in [0.2, 0.25) is 0 Å². The lowest BCUT2D eigenvalue weighted by molar-refractivity contribution is 0.0163. The molecule has 0 atom stereocenters. The lowest BCUT2D eigenvalue weighted by Gasteiger charge is -2.33.